The average Bonchev–Trinajstić information content (AvgIpc) is 2.56. The van der Waals surface area contributed by atoms with Crippen LogP contribution >= 0.6 is 0 Å². The van der Waals surface area contributed by atoms with Gasteiger partial charge in [0.1, 0.15) is 0 Å². The van der Waals surface area contributed by atoms with E-state index in [1.807, 2.05) is 35.2 Å². The maximum absolute atomic E-state index is 12.3. The van der Waals surface area contributed by atoms with E-state index < -0.39 is 0 Å². The number of anilines is 1. The number of benzene rings is 1. The summed E-state index contributed by atoms with van der Waals surface area (Å²) in [7, 11) is 0. The summed E-state index contributed by atoms with van der Waals surface area (Å²) in [5.74, 6) is 0. The van der Waals surface area contributed by atoms with Crippen LogP contribution in [0.3, 0.4) is 0 Å². The Balaban J connectivity index is 1.73. The van der Waals surface area contributed by atoms with Crippen molar-refractivity contribution in [3.63, 3.8) is 0 Å². The fourth-order valence-electron chi connectivity index (χ4n) is 2.96. The van der Waals surface area contributed by atoms with Crippen molar-refractivity contribution >= 4 is 11.7 Å². The van der Waals surface area contributed by atoms with Gasteiger partial charge in [0.15, 0.2) is 0 Å². The number of carbonyl (C=O) groups excluding carboxylic acids is 1. The first-order valence-corrected chi connectivity index (χ1v) is 8.55. The Morgan fingerprint density at radius 1 is 1.14 bits per heavy atom. The molecule has 1 unspecified atom stereocenters. The van der Waals surface area contributed by atoms with Crippen molar-refractivity contribution in [3.8, 4) is 0 Å². The van der Waals surface area contributed by atoms with Crippen molar-refractivity contribution in [3.05, 3.63) is 30.3 Å². The summed E-state index contributed by atoms with van der Waals surface area (Å²) in [5.41, 5.74) is 0.864. The van der Waals surface area contributed by atoms with Crippen LogP contribution in [-0.4, -0.2) is 48.1 Å². The molecule has 2 rings (SSSR count). The summed E-state index contributed by atoms with van der Waals surface area (Å²) in [4.78, 5) is 16.7. The number of carbonyl (C=O) groups is 1. The van der Waals surface area contributed by atoms with Gasteiger partial charge in [-0.05, 0) is 25.5 Å². The van der Waals surface area contributed by atoms with Gasteiger partial charge in [-0.15, -0.1) is 0 Å². The molecule has 1 heterocycles. The van der Waals surface area contributed by atoms with Gasteiger partial charge in [0.2, 0.25) is 0 Å². The number of unbranched alkanes of at least 4 members (excludes halogenated alkanes) is 2. The maximum Gasteiger partial charge on any atom is 0.321 e. The minimum absolute atomic E-state index is 0.0180. The van der Waals surface area contributed by atoms with E-state index in [-0.39, 0.29) is 6.03 Å². The SMILES string of the molecule is CCCCCC(C)N1CCN(C(=O)Nc2ccccc2)CC1. The van der Waals surface area contributed by atoms with Crippen molar-refractivity contribution in [1.29, 1.82) is 0 Å². The zero-order valence-electron chi connectivity index (χ0n) is 13.9. The molecule has 0 saturated carbocycles. The highest BCUT2D eigenvalue weighted by Crippen LogP contribution is 2.14. The predicted octanol–water partition coefficient (Wildman–Crippen LogP) is 3.80. The monoisotopic (exact) mass is 303 g/mol. The molecule has 4 nitrogen and oxygen atoms in total. The molecule has 22 heavy (non-hydrogen) atoms. The van der Waals surface area contributed by atoms with Gasteiger partial charge in [-0.2, -0.15) is 0 Å². The number of amides is 2. The molecule has 2 amide bonds. The summed E-state index contributed by atoms with van der Waals surface area (Å²) in [6.45, 7) is 8.16. The van der Waals surface area contributed by atoms with Crippen molar-refractivity contribution < 1.29 is 4.79 Å². The summed E-state index contributed by atoms with van der Waals surface area (Å²) in [5, 5.41) is 2.97. The highest BCUT2D eigenvalue weighted by Gasteiger charge is 2.23. The lowest BCUT2D eigenvalue weighted by Gasteiger charge is -2.38. The summed E-state index contributed by atoms with van der Waals surface area (Å²) in [6, 6.07) is 10.3. The molecule has 1 aromatic rings. The van der Waals surface area contributed by atoms with Crippen molar-refractivity contribution in [2.45, 2.75) is 45.6 Å². The topological polar surface area (TPSA) is 35.6 Å². The molecule has 0 aromatic heterocycles. The third-order valence-corrected chi connectivity index (χ3v) is 4.48. The van der Waals surface area contributed by atoms with E-state index in [0.717, 1.165) is 31.9 Å². The van der Waals surface area contributed by atoms with Gasteiger partial charge >= 0.3 is 6.03 Å². The Labute approximate surface area is 134 Å². The molecule has 1 aliphatic heterocycles. The Morgan fingerprint density at radius 2 is 1.82 bits per heavy atom. The normalized spacial score (nSPS) is 17.3. The number of urea groups is 1. The Hall–Kier alpha value is -1.55. The van der Waals surface area contributed by atoms with E-state index >= 15 is 0 Å². The highest BCUT2D eigenvalue weighted by molar-refractivity contribution is 5.89. The van der Waals surface area contributed by atoms with Crippen molar-refractivity contribution in [2.75, 3.05) is 31.5 Å². The molecule has 1 fully saturated rings. The zero-order valence-corrected chi connectivity index (χ0v) is 13.9. The van der Waals surface area contributed by atoms with Gasteiger partial charge in [0, 0.05) is 37.9 Å². The van der Waals surface area contributed by atoms with Gasteiger partial charge in [0.25, 0.3) is 0 Å². The second-order valence-corrected chi connectivity index (χ2v) is 6.16. The molecule has 1 saturated heterocycles. The molecule has 1 aromatic carbocycles. The quantitative estimate of drug-likeness (QED) is 0.811. The van der Waals surface area contributed by atoms with Crippen LogP contribution in [-0.2, 0) is 0 Å². The average molecular weight is 303 g/mol. The minimum Gasteiger partial charge on any atom is -0.322 e. The van der Waals surface area contributed by atoms with E-state index in [0.29, 0.717) is 6.04 Å². The number of hydrogen-bond acceptors (Lipinski definition) is 2. The number of nitrogens with one attached hydrogen (secondary N) is 1. The first-order chi connectivity index (χ1) is 10.7. The summed E-state index contributed by atoms with van der Waals surface area (Å²) in [6.07, 6.45) is 5.18. The second kappa shape index (κ2) is 8.79. The Kier molecular flexibility index (Phi) is 6.72. The first-order valence-electron chi connectivity index (χ1n) is 8.55. The predicted molar refractivity (Wildman–Crippen MR) is 92.2 cm³/mol. The van der Waals surface area contributed by atoms with E-state index in [1.165, 1.54) is 25.7 Å². The molecule has 0 radical (unpaired) electrons. The molecule has 0 bridgehead atoms. The largest absolute Gasteiger partial charge is 0.322 e. The summed E-state index contributed by atoms with van der Waals surface area (Å²) >= 11 is 0. The molecule has 4 heteroatoms. The second-order valence-electron chi connectivity index (χ2n) is 6.16. The molecule has 1 aliphatic rings. The Morgan fingerprint density at radius 3 is 2.45 bits per heavy atom. The van der Waals surface area contributed by atoms with Crippen LogP contribution in [0.1, 0.15) is 39.5 Å². The summed E-state index contributed by atoms with van der Waals surface area (Å²) < 4.78 is 0. The molecular weight excluding hydrogens is 274 g/mol. The number of piperazine rings is 1. The third kappa shape index (κ3) is 5.02. The van der Waals surface area contributed by atoms with E-state index in [9.17, 15) is 4.79 Å². The number of nitrogens with zero attached hydrogens (tertiary/aromatic N) is 2. The lowest BCUT2D eigenvalue weighted by atomic mass is 10.1. The molecular formula is C18H29N3O. The molecule has 0 aliphatic carbocycles. The van der Waals surface area contributed by atoms with E-state index in [4.69, 9.17) is 0 Å². The third-order valence-electron chi connectivity index (χ3n) is 4.48. The Bertz CT molecular complexity index is 441. The van der Waals surface area contributed by atoms with Crippen LogP contribution in [0.5, 0.6) is 0 Å². The maximum atomic E-state index is 12.3. The molecule has 1 N–H and O–H groups in total. The van der Waals surface area contributed by atoms with Crippen LogP contribution in [0.4, 0.5) is 10.5 Å². The van der Waals surface area contributed by atoms with Gasteiger partial charge in [-0.1, -0.05) is 44.4 Å². The first kappa shape index (κ1) is 16.8. The zero-order chi connectivity index (χ0) is 15.8. The fourth-order valence-corrected chi connectivity index (χ4v) is 2.96. The molecule has 1 atom stereocenters. The highest BCUT2D eigenvalue weighted by atomic mass is 16.2. The van der Waals surface area contributed by atoms with Crippen molar-refractivity contribution in [2.24, 2.45) is 0 Å². The van der Waals surface area contributed by atoms with Gasteiger partial charge in [-0.3, -0.25) is 4.90 Å². The van der Waals surface area contributed by atoms with E-state index in [1.54, 1.807) is 0 Å². The number of para-hydroxylation sites is 1. The number of hydrogen-bond donors (Lipinski definition) is 1. The van der Waals surface area contributed by atoms with Gasteiger partial charge < -0.3 is 10.2 Å². The van der Waals surface area contributed by atoms with Crippen LogP contribution in [0.2, 0.25) is 0 Å². The van der Waals surface area contributed by atoms with Gasteiger partial charge in [0.05, 0.1) is 0 Å². The van der Waals surface area contributed by atoms with E-state index in [2.05, 4.69) is 24.1 Å². The van der Waals surface area contributed by atoms with Crippen molar-refractivity contribution in [1.82, 2.24) is 9.80 Å². The van der Waals surface area contributed by atoms with Crippen LogP contribution in [0.25, 0.3) is 0 Å². The molecule has 122 valence electrons. The fraction of sp³-hybridized carbons (Fsp3) is 0.611. The lowest BCUT2D eigenvalue weighted by molar-refractivity contribution is 0.114. The molecule has 0 spiro atoms. The van der Waals surface area contributed by atoms with Crippen LogP contribution in [0.15, 0.2) is 30.3 Å². The standard InChI is InChI=1S/C18H29N3O/c1-3-4-6-9-16(2)20-12-14-21(15-13-20)18(22)19-17-10-7-5-8-11-17/h5,7-8,10-11,16H,3-4,6,9,12-15H2,1-2H3,(H,19,22). The lowest BCUT2D eigenvalue weighted by Crippen LogP contribution is -2.52. The van der Waals surface area contributed by atoms with Crippen LogP contribution < -0.4 is 5.32 Å². The minimum atomic E-state index is 0.0180. The van der Waals surface area contributed by atoms with Crippen LogP contribution in [0, 0.1) is 0 Å². The number of rotatable bonds is 6. The van der Waals surface area contributed by atoms with Gasteiger partial charge in [-0.25, -0.2) is 4.79 Å². The smallest absolute Gasteiger partial charge is 0.321 e.